The fourth-order valence-corrected chi connectivity index (χ4v) is 2.86. The van der Waals surface area contributed by atoms with Crippen LogP contribution >= 0.6 is 11.3 Å². The second-order valence-corrected chi connectivity index (χ2v) is 5.35. The first kappa shape index (κ1) is 13.5. The van der Waals surface area contributed by atoms with Crippen molar-refractivity contribution in [2.45, 2.75) is 6.42 Å². The van der Waals surface area contributed by atoms with E-state index in [1.54, 1.807) is 18.4 Å². The van der Waals surface area contributed by atoms with Crippen molar-refractivity contribution in [1.82, 2.24) is 15.0 Å². The molecule has 0 fully saturated rings. The number of hydrogen-bond donors (Lipinski definition) is 1. The number of anilines is 1. The number of nitrogens with two attached hydrogens (primary N) is 1. The summed E-state index contributed by atoms with van der Waals surface area (Å²) in [5.74, 6) is 0.872. The van der Waals surface area contributed by atoms with E-state index in [1.807, 2.05) is 35.7 Å². The number of aromatic nitrogens is 3. The van der Waals surface area contributed by atoms with Crippen molar-refractivity contribution >= 4 is 17.2 Å². The highest BCUT2D eigenvalue weighted by Gasteiger charge is 2.12. The number of hydrogen-bond acceptors (Lipinski definition) is 6. The maximum absolute atomic E-state index is 5.79. The number of rotatable bonds is 4. The van der Waals surface area contributed by atoms with Crippen LogP contribution in [-0.4, -0.2) is 22.1 Å². The van der Waals surface area contributed by atoms with Gasteiger partial charge in [0.25, 0.3) is 0 Å². The summed E-state index contributed by atoms with van der Waals surface area (Å²) >= 11 is 1.60. The van der Waals surface area contributed by atoms with Gasteiger partial charge in [0.05, 0.1) is 23.5 Å². The van der Waals surface area contributed by atoms with Gasteiger partial charge in [0.15, 0.2) is 11.6 Å². The lowest BCUT2D eigenvalue weighted by Gasteiger charge is -2.07. The number of nitrogen functional groups attached to an aromatic ring is 1. The second kappa shape index (κ2) is 5.88. The first-order chi connectivity index (χ1) is 10.3. The number of benzene rings is 1. The van der Waals surface area contributed by atoms with Crippen LogP contribution in [0.2, 0.25) is 0 Å². The summed E-state index contributed by atoms with van der Waals surface area (Å²) in [5, 5.41) is 3.01. The lowest BCUT2D eigenvalue weighted by Crippen LogP contribution is -2.03. The van der Waals surface area contributed by atoms with Crippen LogP contribution in [0, 0.1) is 0 Å². The summed E-state index contributed by atoms with van der Waals surface area (Å²) < 4.78 is 5.27. The van der Waals surface area contributed by atoms with Gasteiger partial charge in [0.1, 0.15) is 6.33 Å². The molecule has 0 saturated heterocycles. The van der Waals surface area contributed by atoms with Crippen LogP contribution in [0.5, 0.6) is 5.75 Å². The SMILES string of the molecule is COc1c(N)ncnc1Cc1nc(-c2ccccc2)cs1. The molecule has 0 amide bonds. The maximum atomic E-state index is 5.79. The van der Waals surface area contributed by atoms with E-state index < -0.39 is 0 Å². The summed E-state index contributed by atoms with van der Waals surface area (Å²) in [7, 11) is 1.57. The molecule has 2 N–H and O–H groups in total. The van der Waals surface area contributed by atoms with Gasteiger partial charge in [0.2, 0.25) is 0 Å². The topological polar surface area (TPSA) is 73.9 Å². The third-order valence-electron chi connectivity index (χ3n) is 3.05. The molecular weight excluding hydrogens is 284 g/mol. The van der Waals surface area contributed by atoms with E-state index in [4.69, 9.17) is 10.5 Å². The highest BCUT2D eigenvalue weighted by atomic mass is 32.1. The molecule has 0 bridgehead atoms. The van der Waals surface area contributed by atoms with E-state index in [0.717, 1.165) is 22.0 Å². The van der Waals surface area contributed by atoms with Crippen molar-refractivity contribution in [3.05, 3.63) is 52.7 Å². The van der Waals surface area contributed by atoms with E-state index >= 15 is 0 Å². The quantitative estimate of drug-likeness (QED) is 0.801. The largest absolute Gasteiger partial charge is 0.491 e. The number of ether oxygens (including phenoxy) is 1. The van der Waals surface area contributed by atoms with Gasteiger partial charge in [-0.25, -0.2) is 15.0 Å². The molecule has 6 heteroatoms. The van der Waals surface area contributed by atoms with Crippen LogP contribution in [0.3, 0.4) is 0 Å². The Morgan fingerprint density at radius 3 is 2.76 bits per heavy atom. The van der Waals surface area contributed by atoms with E-state index in [1.165, 1.54) is 6.33 Å². The zero-order valence-electron chi connectivity index (χ0n) is 11.5. The fourth-order valence-electron chi connectivity index (χ4n) is 2.05. The van der Waals surface area contributed by atoms with Crippen molar-refractivity contribution in [3.8, 4) is 17.0 Å². The average molecular weight is 298 g/mol. The Bertz CT molecular complexity index is 742. The van der Waals surface area contributed by atoms with Gasteiger partial charge >= 0.3 is 0 Å². The molecular formula is C15H14N4OS. The molecule has 5 nitrogen and oxygen atoms in total. The molecule has 0 saturated carbocycles. The summed E-state index contributed by atoms with van der Waals surface area (Å²) in [4.78, 5) is 12.8. The summed E-state index contributed by atoms with van der Waals surface area (Å²) in [6, 6.07) is 10.1. The Morgan fingerprint density at radius 1 is 1.19 bits per heavy atom. The van der Waals surface area contributed by atoms with Crippen LogP contribution < -0.4 is 10.5 Å². The highest BCUT2D eigenvalue weighted by Crippen LogP contribution is 2.27. The van der Waals surface area contributed by atoms with Crippen molar-refractivity contribution in [2.75, 3.05) is 12.8 Å². The molecule has 1 aromatic carbocycles. The Morgan fingerprint density at radius 2 is 2.00 bits per heavy atom. The van der Waals surface area contributed by atoms with Gasteiger partial charge in [-0.1, -0.05) is 30.3 Å². The van der Waals surface area contributed by atoms with Gasteiger partial charge in [-0.3, -0.25) is 0 Å². The van der Waals surface area contributed by atoms with E-state index in [-0.39, 0.29) is 0 Å². The Labute approximate surface area is 126 Å². The molecule has 3 aromatic rings. The maximum Gasteiger partial charge on any atom is 0.182 e. The first-order valence-corrected chi connectivity index (χ1v) is 7.29. The molecule has 0 aliphatic carbocycles. The van der Waals surface area contributed by atoms with E-state index in [9.17, 15) is 0 Å². The number of thiazole rings is 1. The fraction of sp³-hybridized carbons (Fsp3) is 0.133. The minimum Gasteiger partial charge on any atom is -0.491 e. The van der Waals surface area contributed by atoms with Crippen molar-refractivity contribution in [1.29, 1.82) is 0 Å². The minimum atomic E-state index is 0.349. The molecule has 0 aliphatic rings. The van der Waals surface area contributed by atoms with Crippen LogP contribution in [-0.2, 0) is 6.42 Å². The predicted octanol–water partition coefficient (Wildman–Crippen LogP) is 2.78. The molecule has 0 radical (unpaired) electrons. The molecule has 0 aliphatic heterocycles. The lowest BCUT2D eigenvalue weighted by atomic mass is 10.2. The Hall–Kier alpha value is -2.47. The minimum absolute atomic E-state index is 0.349. The third kappa shape index (κ3) is 2.85. The van der Waals surface area contributed by atoms with Gasteiger partial charge in [-0.2, -0.15) is 0 Å². The molecule has 0 unspecified atom stereocenters. The Kier molecular flexibility index (Phi) is 3.79. The van der Waals surface area contributed by atoms with E-state index in [2.05, 4.69) is 15.0 Å². The molecule has 0 spiro atoms. The molecule has 0 atom stereocenters. The van der Waals surface area contributed by atoms with Crippen LogP contribution in [0.4, 0.5) is 5.82 Å². The molecule has 106 valence electrons. The van der Waals surface area contributed by atoms with Crippen LogP contribution in [0.25, 0.3) is 11.3 Å². The van der Waals surface area contributed by atoms with Gasteiger partial charge < -0.3 is 10.5 Å². The van der Waals surface area contributed by atoms with Crippen LogP contribution in [0.15, 0.2) is 42.0 Å². The third-order valence-corrected chi connectivity index (χ3v) is 3.90. The first-order valence-electron chi connectivity index (χ1n) is 6.41. The number of nitrogens with zero attached hydrogens (tertiary/aromatic N) is 3. The summed E-state index contributed by atoms with van der Waals surface area (Å²) in [6.07, 6.45) is 2.02. The average Bonchev–Trinajstić information content (AvgIpc) is 2.97. The predicted molar refractivity (Wildman–Crippen MR) is 83.4 cm³/mol. The zero-order valence-corrected chi connectivity index (χ0v) is 12.3. The van der Waals surface area contributed by atoms with Crippen molar-refractivity contribution < 1.29 is 4.74 Å². The molecule has 3 rings (SSSR count). The highest BCUT2D eigenvalue weighted by molar-refractivity contribution is 7.10. The monoisotopic (exact) mass is 298 g/mol. The van der Waals surface area contributed by atoms with Gasteiger partial charge in [-0.15, -0.1) is 11.3 Å². The van der Waals surface area contributed by atoms with Crippen molar-refractivity contribution in [3.63, 3.8) is 0 Å². The normalized spacial score (nSPS) is 10.5. The number of methoxy groups -OCH3 is 1. The van der Waals surface area contributed by atoms with Gasteiger partial charge in [-0.05, 0) is 0 Å². The molecule has 21 heavy (non-hydrogen) atoms. The lowest BCUT2D eigenvalue weighted by molar-refractivity contribution is 0.408. The summed E-state index contributed by atoms with van der Waals surface area (Å²) in [5.41, 5.74) is 8.61. The van der Waals surface area contributed by atoms with Crippen LogP contribution in [0.1, 0.15) is 10.7 Å². The van der Waals surface area contributed by atoms with Crippen molar-refractivity contribution in [2.24, 2.45) is 0 Å². The molecule has 2 heterocycles. The zero-order chi connectivity index (χ0) is 14.7. The second-order valence-electron chi connectivity index (χ2n) is 4.41. The van der Waals surface area contributed by atoms with E-state index in [0.29, 0.717) is 18.0 Å². The smallest absolute Gasteiger partial charge is 0.182 e. The standard InChI is InChI=1S/C15H14N4OS/c1-20-14-11(17-9-18-15(14)16)7-13-19-12(8-21-13)10-5-3-2-4-6-10/h2-6,8-9H,7H2,1H3,(H2,16,17,18). The summed E-state index contributed by atoms with van der Waals surface area (Å²) in [6.45, 7) is 0. The molecule has 2 aromatic heterocycles. The van der Waals surface area contributed by atoms with Gasteiger partial charge in [0, 0.05) is 17.4 Å². The Balaban J connectivity index is 1.87.